The quantitative estimate of drug-likeness (QED) is 0.616. The van der Waals surface area contributed by atoms with Gasteiger partial charge < -0.3 is 15.4 Å². The van der Waals surface area contributed by atoms with E-state index in [9.17, 15) is 18.0 Å². The number of amides is 1. The Labute approximate surface area is 174 Å². The number of fused-ring (bicyclic) bond motifs is 1. The van der Waals surface area contributed by atoms with Gasteiger partial charge in [-0.25, -0.2) is 4.68 Å². The Morgan fingerprint density at radius 1 is 1.33 bits per heavy atom. The van der Waals surface area contributed by atoms with E-state index in [-0.39, 0.29) is 17.9 Å². The van der Waals surface area contributed by atoms with Gasteiger partial charge in [-0.05, 0) is 29.1 Å². The minimum atomic E-state index is -4.51. The number of hydrogen-bond donors (Lipinski definition) is 2. The van der Waals surface area contributed by atoms with Crippen LogP contribution in [0.4, 0.5) is 19.0 Å². The molecule has 158 valence electrons. The second-order valence-corrected chi connectivity index (χ2v) is 7.92. The third-order valence-electron chi connectivity index (χ3n) is 4.92. The van der Waals surface area contributed by atoms with E-state index < -0.39 is 24.2 Å². The average molecular weight is 436 g/mol. The van der Waals surface area contributed by atoms with Gasteiger partial charge in [0, 0.05) is 17.4 Å². The number of nitrogens with one attached hydrogen (secondary N) is 2. The van der Waals surface area contributed by atoms with Crippen LogP contribution in [0.25, 0.3) is 0 Å². The molecule has 6 nitrogen and oxygen atoms in total. The molecular formula is C20H19F3N4O2S. The Hall–Kier alpha value is -3.01. The van der Waals surface area contributed by atoms with Crippen molar-refractivity contribution in [1.82, 2.24) is 15.1 Å². The van der Waals surface area contributed by atoms with E-state index in [4.69, 9.17) is 4.74 Å². The molecule has 2 aromatic heterocycles. The number of carbonyl (C=O) groups excluding carboxylic acids is 1. The van der Waals surface area contributed by atoms with Crippen LogP contribution in [0.15, 0.2) is 47.8 Å². The van der Waals surface area contributed by atoms with Gasteiger partial charge in [-0.1, -0.05) is 18.2 Å². The predicted octanol–water partition coefficient (Wildman–Crippen LogP) is 4.54. The highest BCUT2D eigenvalue weighted by molar-refractivity contribution is 7.09. The van der Waals surface area contributed by atoms with Crippen LogP contribution in [0.1, 0.15) is 39.4 Å². The number of carbonyl (C=O) groups is 1. The van der Waals surface area contributed by atoms with Crippen LogP contribution >= 0.6 is 11.3 Å². The Kier molecular flexibility index (Phi) is 5.42. The minimum Gasteiger partial charge on any atom is -0.497 e. The first-order valence-corrected chi connectivity index (χ1v) is 10.1. The number of thiophene rings is 1. The first-order chi connectivity index (χ1) is 14.3. The van der Waals surface area contributed by atoms with Crippen LogP contribution in [-0.2, 0) is 6.54 Å². The largest absolute Gasteiger partial charge is 0.497 e. The van der Waals surface area contributed by atoms with Gasteiger partial charge in [0.2, 0.25) is 0 Å². The van der Waals surface area contributed by atoms with Crippen LogP contribution in [0.2, 0.25) is 0 Å². The first-order valence-electron chi connectivity index (χ1n) is 9.22. The van der Waals surface area contributed by atoms with Crippen molar-refractivity contribution in [2.75, 3.05) is 12.4 Å². The second-order valence-electron chi connectivity index (χ2n) is 6.89. The third kappa shape index (κ3) is 4.13. The number of methoxy groups -OCH3 is 1. The molecule has 0 fully saturated rings. The summed E-state index contributed by atoms with van der Waals surface area (Å²) in [6.45, 7) is 0.293. The number of aromatic nitrogens is 2. The van der Waals surface area contributed by atoms with Gasteiger partial charge >= 0.3 is 6.18 Å². The van der Waals surface area contributed by atoms with Gasteiger partial charge in [-0.15, -0.1) is 11.3 Å². The van der Waals surface area contributed by atoms with Crippen molar-refractivity contribution in [3.05, 3.63) is 64.0 Å². The maximum atomic E-state index is 13.8. The molecule has 1 aliphatic heterocycles. The van der Waals surface area contributed by atoms with Crippen LogP contribution < -0.4 is 15.4 Å². The topological polar surface area (TPSA) is 68.2 Å². The maximum absolute atomic E-state index is 13.8. The summed E-state index contributed by atoms with van der Waals surface area (Å²) in [5.41, 5.74) is 0.606. The van der Waals surface area contributed by atoms with E-state index in [1.54, 1.807) is 24.3 Å². The lowest BCUT2D eigenvalue weighted by atomic mass is 9.97. The van der Waals surface area contributed by atoms with E-state index >= 15 is 0 Å². The smallest absolute Gasteiger partial charge is 0.410 e. The van der Waals surface area contributed by atoms with Crippen molar-refractivity contribution >= 4 is 23.1 Å². The molecule has 4 rings (SSSR count). The molecule has 0 saturated heterocycles. The van der Waals surface area contributed by atoms with Crippen molar-refractivity contribution in [2.24, 2.45) is 0 Å². The molecule has 3 aromatic rings. The van der Waals surface area contributed by atoms with Gasteiger partial charge in [-0.2, -0.15) is 18.3 Å². The molecule has 0 aliphatic carbocycles. The molecule has 0 unspecified atom stereocenters. The van der Waals surface area contributed by atoms with Crippen LogP contribution in [0.3, 0.4) is 0 Å². The second kappa shape index (κ2) is 8.02. The van der Waals surface area contributed by atoms with Crippen LogP contribution in [0.5, 0.6) is 5.75 Å². The molecule has 1 aromatic carbocycles. The number of rotatable bonds is 5. The number of nitrogens with zero attached hydrogens (tertiary/aromatic N) is 2. The summed E-state index contributed by atoms with van der Waals surface area (Å²) in [5.74, 6) is 0.189. The first kappa shape index (κ1) is 20.3. The number of hydrogen-bond acceptors (Lipinski definition) is 5. The molecule has 2 N–H and O–H groups in total. The van der Waals surface area contributed by atoms with E-state index in [0.29, 0.717) is 17.9 Å². The summed E-state index contributed by atoms with van der Waals surface area (Å²) in [5, 5.41) is 11.6. The van der Waals surface area contributed by atoms with Crippen LogP contribution in [-0.4, -0.2) is 29.0 Å². The monoisotopic (exact) mass is 436 g/mol. The molecule has 30 heavy (non-hydrogen) atoms. The number of halogens is 3. The summed E-state index contributed by atoms with van der Waals surface area (Å²) in [6.07, 6.45) is -4.76. The van der Waals surface area contributed by atoms with Crippen molar-refractivity contribution in [3.63, 3.8) is 0 Å². The minimum absolute atomic E-state index is 0.0606. The molecule has 10 heteroatoms. The Bertz CT molecular complexity index is 1030. The predicted molar refractivity (Wildman–Crippen MR) is 107 cm³/mol. The lowest BCUT2D eigenvalue weighted by molar-refractivity contribution is -0.173. The average Bonchev–Trinajstić information content (AvgIpc) is 3.40. The van der Waals surface area contributed by atoms with Crippen molar-refractivity contribution in [1.29, 1.82) is 0 Å². The fourth-order valence-corrected chi connectivity index (χ4v) is 4.08. The standard InChI is InChI=1S/C20H19F3N4O2S/c1-29-13-5-2-4-12(8-13)15-9-17(20(21,22)23)27-18(25-15)10-16(26-27)19(28)24-11-14-6-3-7-30-14/h2-8,10,15,17,25H,9,11H2,1H3,(H,24,28)/t15-,17+/m0/s1. The number of benzene rings is 1. The summed E-state index contributed by atoms with van der Waals surface area (Å²) in [4.78, 5) is 13.4. The zero-order valence-corrected chi connectivity index (χ0v) is 16.8. The van der Waals surface area contributed by atoms with Crippen molar-refractivity contribution < 1.29 is 22.7 Å². The molecule has 1 aliphatic rings. The summed E-state index contributed by atoms with van der Waals surface area (Å²) in [6, 6.07) is 9.54. The zero-order valence-electron chi connectivity index (χ0n) is 15.9. The lowest BCUT2D eigenvalue weighted by Crippen LogP contribution is -2.35. The molecule has 0 saturated carbocycles. The number of anilines is 1. The molecular weight excluding hydrogens is 417 g/mol. The fraction of sp³-hybridized carbons (Fsp3) is 0.300. The SMILES string of the molecule is COc1cccc([C@@H]2C[C@H](C(F)(F)F)n3nc(C(=O)NCc4cccs4)cc3N2)c1. The van der Waals surface area contributed by atoms with Gasteiger partial charge in [0.05, 0.1) is 19.7 Å². The Balaban J connectivity index is 1.60. The highest BCUT2D eigenvalue weighted by Crippen LogP contribution is 2.43. The molecule has 3 heterocycles. The number of ether oxygens (including phenoxy) is 1. The van der Waals surface area contributed by atoms with Crippen LogP contribution in [0, 0.1) is 0 Å². The summed E-state index contributed by atoms with van der Waals surface area (Å²) >= 11 is 1.48. The fourth-order valence-electron chi connectivity index (χ4n) is 3.43. The van der Waals surface area contributed by atoms with E-state index in [2.05, 4.69) is 15.7 Å². The highest BCUT2D eigenvalue weighted by Gasteiger charge is 2.46. The summed E-state index contributed by atoms with van der Waals surface area (Å²) in [7, 11) is 1.50. The van der Waals surface area contributed by atoms with Gasteiger partial charge in [0.15, 0.2) is 11.7 Å². The van der Waals surface area contributed by atoms with Crippen molar-refractivity contribution in [2.45, 2.75) is 31.2 Å². The van der Waals surface area contributed by atoms with E-state index in [0.717, 1.165) is 9.56 Å². The van der Waals surface area contributed by atoms with E-state index in [1.165, 1.54) is 24.5 Å². The molecule has 0 radical (unpaired) electrons. The Morgan fingerprint density at radius 3 is 2.87 bits per heavy atom. The third-order valence-corrected chi connectivity index (χ3v) is 5.80. The summed E-state index contributed by atoms with van der Waals surface area (Å²) < 4.78 is 47.4. The normalized spacial score (nSPS) is 18.4. The van der Waals surface area contributed by atoms with E-state index in [1.807, 2.05) is 17.5 Å². The van der Waals surface area contributed by atoms with Gasteiger partial charge in [0.25, 0.3) is 5.91 Å². The molecule has 2 atom stereocenters. The molecule has 0 bridgehead atoms. The number of alkyl halides is 3. The van der Waals surface area contributed by atoms with Crippen molar-refractivity contribution in [3.8, 4) is 5.75 Å². The van der Waals surface area contributed by atoms with Gasteiger partial charge in [0.1, 0.15) is 11.6 Å². The lowest BCUT2D eigenvalue weighted by Gasteiger charge is -2.33. The molecule has 0 spiro atoms. The highest BCUT2D eigenvalue weighted by atomic mass is 32.1. The zero-order chi connectivity index (χ0) is 21.3. The van der Waals surface area contributed by atoms with Gasteiger partial charge in [-0.3, -0.25) is 4.79 Å². The maximum Gasteiger partial charge on any atom is 0.410 e. The Morgan fingerprint density at radius 2 is 2.17 bits per heavy atom. The molecule has 1 amide bonds.